The van der Waals surface area contributed by atoms with Gasteiger partial charge in [-0.2, -0.15) is 0 Å². The molecule has 0 bridgehead atoms. The third kappa shape index (κ3) is 6.08. The van der Waals surface area contributed by atoms with Crippen molar-refractivity contribution >= 4 is 46.2 Å². The zero-order valence-electron chi connectivity index (χ0n) is 22.1. The lowest BCUT2D eigenvalue weighted by Crippen LogP contribution is -2.44. The lowest BCUT2D eigenvalue weighted by Gasteiger charge is -2.35. The topological polar surface area (TPSA) is 95.1 Å². The van der Waals surface area contributed by atoms with E-state index in [0.717, 1.165) is 43.9 Å². The summed E-state index contributed by atoms with van der Waals surface area (Å²) in [4.78, 5) is 31.6. The van der Waals surface area contributed by atoms with Crippen LogP contribution in [0.25, 0.3) is 0 Å². The second-order valence-corrected chi connectivity index (χ2v) is 9.89. The minimum Gasteiger partial charge on any atom is -0.494 e. The van der Waals surface area contributed by atoms with Crippen LogP contribution in [-0.4, -0.2) is 67.7 Å². The molecule has 0 spiro atoms. The van der Waals surface area contributed by atoms with Gasteiger partial charge in [0.1, 0.15) is 17.9 Å². The number of rotatable bonds is 8. The second kappa shape index (κ2) is 11.9. The average Bonchev–Trinajstić information content (AvgIpc) is 3.44. The second-order valence-electron chi connectivity index (χ2n) is 9.45. The highest BCUT2D eigenvalue weighted by Crippen LogP contribution is 2.40. The molecule has 1 amide bonds. The number of likely N-dealkylation sites (N-methyl/N-ethyl adjacent to an activating group) is 1. The Balaban J connectivity index is 1.43. The van der Waals surface area contributed by atoms with E-state index in [1.165, 1.54) is 12.4 Å². The molecule has 5 rings (SSSR count). The zero-order chi connectivity index (χ0) is 27.4. The summed E-state index contributed by atoms with van der Waals surface area (Å²) in [7, 11) is 3.72. The predicted octanol–water partition coefficient (Wildman–Crippen LogP) is 4.64. The van der Waals surface area contributed by atoms with Crippen molar-refractivity contribution in [3.63, 3.8) is 0 Å². The molecule has 2 aliphatic heterocycles. The van der Waals surface area contributed by atoms with Gasteiger partial charge in [-0.3, -0.25) is 9.63 Å². The van der Waals surface area contributed by atoms with E-state index in [9.17, 15) is 4.79 Å². The van der Waals surface area contributed by atoms with Crippen LogP contribution in [0.5, 0.6) is 5.75 Å². The fourth-order valence-corrected chi connectivity index (χ4v) is 4.91. The lowest BCUT2D eigenvalue weighted by atomic mass is 10.0. The number of anilines is 5. The summed E-state index contributed by atoms with van der Waals surface area (Å²) in [6, 6.07) is 13.4. The molecule has 0 saturated carbocycles. The number of carbonyl (C=O) groups excluding carboxylic acids is 1. The van der Waals surface area contributed by atoms with Crippen LogP contribution in [0, 0.1) is 0 Å². The number of hydrogen-bond donors (Lipinski definition) is 2. The number of hydrogen-bond acceptors (Lipinski definition) is 9. The number of carbonyl (C=O) groups is 1. The summed E-state index contributed by atoms with van der Waals surface area (Å²) in [5.74, 6) is 1.51. The van der Waals surface area contributed by atoms with Gasteiger partial charge in [0.05, 0.1) is 36.8 Å². The summed E-state index contributed by atoms with van der Waals surface area (Å²) in [5.41, 5.74) is 3.29. The monoisotopic (exact) mass is 549 g/mol. The van der Waals surface area contributed by atoms with E-state index < -0.39 is 0 Å². The molecule has 2 saturated heterocycles. The van der Waals surface area contributed by atoms with Crippen LogP contribution in [0.3, 0.4) is 0 Å². The van der Waals surface area contributed by atoms with Crippen LogP contribution in [0.15, 0.2) is 61.4 Å². The third-order valence-electron chi connectivity index (χ3n) is 6.91. The standard InChI is InChI=1S/C28H32ClN7O3/c1-4-28(37)33-21-15-22(25(38-3)16-24(21)35-12-10-34(2)11-13-35)32-26-17-27(31-18-30-26)36-23(9-14-39-36)19-5-7-20(29)8-6-19/h4-8,15-18,23H,1,9-14H2,2-3H3,(H,33,37)(H,30,31,32). The number of hydroxylamine groups is 1. The summed E-state index contributed by atoms with van der Waals surface area (Å²) in [5, 5.41) is 8.78. The zero-order valence-corrected chi connectivity index (χ0v) is 22.8. The van der Waals surface area contributed by atoms with Gasteiger partial charge in [-0.15, -0.1) is 0 Å². The summed E-state index contributed by atoms with van der Waals surface area (Å²) in [6.07, 6.45) is 3.57. The first kappa shape index (κ1) is 26.7. The van der Waals surface area contributed by atoms with Crippen molar-refractivity contribution in [3.05, 3.63) is 72.0 Å². The van der Waals surface area contributed by atoms with Crippen LogP contribution in [0.2, 0.25) is 5.02 Å². The van der Waals surface area contributed by atoms with E-state index in [0.29, 0.717) is 40.4 Å². The Hall–Kier alpha value is -3.86. The molecule has 2 aliphatic rings. The number of methoxy groups -OCH3 is 1. The number of piperazine rings is 1. The molecule has 2 fully saturated rings. The van der Waals surface area contributed by atoms with Crippen molar-refractivity contribution in [2.45, 2.75) is 12.5 Å². The smallest absolute Gasteiger partial charge is 0.247 e. The van der Waals surface area contributed by atoms with Crippen molar-refractivity contribution in [2.24, 2.45) is 0 Å². The molecule has 3 heterocycles. The van der Waals surface area contributed by atoms with Gasteiger partial charge in [0.15, 0.2) is 5.82 Å². The van der Waals surface area contributed by atoms with Crippen molar-refractivity contribution in [1.29, 1.82) is 0 Å². The number of ether oxygens (including phenoxy) is 1. The Bertz CT molecular complexity index is 1330. The molecule has 11 heteroatoms. The van der Waals surface area contributed by atoms with Gasteiger partial charge in [-0.25, -0.2) is 15.0 Å². The molecule has 3 aromatic rings. The molecule has 1 atom stereocenters. The van der Waals surface area contributed by atoms with Gasteiger partial charge >= 0.3 is 0 Å². The van der Waals surface area contributed by atoms with E-state index in [1.807, 2.05) is 42.5 Å². The molecule has 0 aliphatic carbocycles. The van der Waals surface area contributed by atoms with E-state index >= 15 is 0 Å². The average molecular weight is 550 g/mol. The maximum Gasteiger partial charge on any atom is 0.247 e. The Kier molecular flexibility index (Phi) is 8.16. The Morgan fingerprint density at radius 1 is 1.13 bits per heavy atom. The number of halogens is 1. The van der Waals surface area contributed by atoms with Crippen molar-refractivity contribution in [3.8, 4) is 5.75 Å². The fraction of sp³-hybridized carbons (Fsp3) is 0.321. The number of aromatic nitrogens is 2. The highest BCUT2D eigenvalue weighted by atomic mass is 35.5. The van der Waals surface area contributed by atoms with Crippen molar-refractivity contribution in [1.82, 2.24) is 14.9 Å². The van der Waals surface area contributed by atoms with E-state index in [1.54, 1.807) is 12.2 Å². The summed E-state index contributed by atoms with van der Waals surface area (Å²) in [6.45, 7) is 7.70. The minimum atomic E-state index is -0.287. The third-order valence-corrected chi connectivity index (χ3v) is 7.16. The van der Waals surface area contributed by atoms with Gasteiger partial charge in [0, 0.05) is 49.8 Å². The quantitative estimate of drug-likeness (QED) is 0.389. The van der Waals surface area contributed by atoms with Crippen molar-refractivity contribution < 1.29 is 14.4 Å². The van der Waals surface area contributed by atoms with E-state index in [2.05, 4.69) is 44.0 Å². The maximum absolute atomic E-state index is 12.3. The fourth-order valence-electron chi connectivity index (χ4n) is 4.79. The van der Waals surface area contributed by atoms with E-state index in [4.69, 9.17) is 21.2 Å². The summed E-state index contributed by atoms with van der Waals surface area (Å²) < 4.78 is 5.75. The largest absolute Gasteiger partial charge is 0.494 e. The Morgan fingerprint density at radius 3 is 2.62 bits per heavy atom. The molecule has 2 aromatic carbocycles. The van der Waals surface area contributed by atoms with Crippen molar-refractivity contribution in [2.75, 3.05) is 67.5 Å². The lowest BCUT2D eigenvalue weighted by molar-refractivity contribution is -0.111. The number of nitrogens with zero attached hydrogens (tertiary/aromatic N) is 5. The van der Waals surface area contributed by atoms with Crippen LogP contribution in [0.1, 0.15) is 18.0 Å². The first-order valence-corrected chi connectivity index (χ1v) is 13.2. The van der Waals surface area contributed by atoms with Gasteiger partial charge in [-0.05, 0) is 36.9 Å². The number of amides is 1. The molecule has 1 aromatic heterocycles. The normalized spacial score (nSPS) is 17.7. The van der Waals surface area contributed by atoms with Crippen LogP contribution < -0.4 is 25.3 Å². The van der Waals surface area contributed by atoms with Crippen LogP contribution in [-0.2, 0) is 9.63 Å². The molecule has 0 radical (unpaired) electrons. The maximum atomic E-state index is 12.3. The Morgan fingerprint density at radius 2 is 1.90 bits per heavy atom. The predicted molar refractivity (Wildman–Crippen MR) is 154 cm³/mol. The first-order valence-electron chi connectivity index (χ1n) is 12.8. The molecule has 1 unspecified atom stereocenters. The van der Waals surface area contributed by atoms with Crippen LogP contribution >= 0.6 is 11.6 Å². The SMILES string of the molecule is C=CC(=O)Nc1cc(Nc2cc(N3OCCC3c3ccc(Cl)cc3)ncn2)c(OC)cc1N1CCN(C)CC1. The molecule has 39 heavy (non-hydrogen) atoms. The highest BCUT2D eigenvalue weighted by molar-refractivity contribution is 6.30. The Labute approximate surface area is 233 Å². The molecular formula is C28H32ClN7O3. The highest BCUT2D eigenvalue weighted by Gasteiger charge is 2.29. The summed E-state index contributed by atoms with van der Waals surface area (Å²) >= 11 is 6.08. The molecule has 2 N–H and O–H groups in total. The van der Waals surface area contributed by atoms with Gasteiger partial charge < -0.3 is 25.2 Å². The van der Waals surface area contributed by atoms with Gasteiger partial charge in [0.2, 0.25) is 5.91 Å². The number of benzene rings is 2. The first-order chi connectivity index (χ1) is 18.9. The molecule has 10 nitrogen and oxygen atoms in total. The van der Waals surface area contributed by atoms with Gasteiger partial charge in [-0.1, -0.05) is 30.3 Å². The van der Waals surface area contributed by atoms with Gasteiger partial charge in [0.25, 0.3) is 0 Å². The number of nitrogens with one attached hydrogen (secondary N) is 2. The molecular weight excluding hydrogens is 518 g/mol. The molecule has 204 valence electrons. The van der Waals surface area contributed by atoms with E-state index in [-0.39, 0.29) is 11.9 Å². The minimum absolute atomic E-state index is 0.00291. The van der Waals surface area contributed by atoms with Crippen LogP contribution in [0.4, 0.5) is 28.7 Å².